The molecule has 0 aliphatic carbocycles. The van der Waals surface area contributed by atoms with Crippen LogP contribution >= 0.6 is 39.3 Å². The maximum atomic E-state index is 5.96. The molecule has 0 aromatic heterocycles. The average molecular weight is 252 g/mol. The maximum absolute atomic E-state index is 5.96. The fourth-order valence-corrected chi connectivity index (χ4v) is 2.17. The Kier molecular flexibility index (Phi) is 3.76. The highest BCUT2D eigenvalue weighted by molar-refractivity contribution is 9.08. The lowest BCUT2D eigenvalue weighted by atomic mass is 10.2. The van der Waals surface area contributed by atoms with Gasteiger partial charge in [0.05, 0.1) is 0 Å². The molecule has 0 radical (unpaired) electrons. The molecule has 1 rings (SSSR count). The van der Waals surface area contributed by atoms with E-state index in [1.165, 1.54) is 4.90 Å². The van der Waals surface area contributed by atoms with Crippen LogP contribution in [0, 0.1) is 0 Å². The summed E-state index contributed by atoms with van der Waals surface area (Å²) in [7, 11) is 0. The van der Waals surface area contributed by atoms with Crippen molar-refractivity contribution < 1.29 is 0 Å². The molecule has 0 saturated carbocycles. The van der Waals surface area contributed by atoms with Crippen LogP contribution in [-0.2, 0) is 5.33 Å². The van der Waals surface area contributed by atoms with Gasteiger partial charge in [-0.15, -0.1) is 11.8 Å². The average Bonchev–Trinajstić information content (AvgIpc) is 2.04. The topological polar surface area (TPSA) is 0 Å². The van der Waals surface area contributed by atoms with Gasteiger partial charge in [-0.25, -0.2) is 0 Å². The molecule has 0 amide bonds. The second-order valence-electron chi connectivity index (χ2n) is 2.09. The third-order valence-corrected chi connectivity index (χ3v) is 3.09. The van der Waals surface area contributed by atoms with E-state index < -0.39 is 0 Å². The lowest BCUT2D eigenvalue weighted by molar-refractivity contribution is 1.36. The number of thioether (sulfide) groups is 1. The van der Waals surface area contributed by atoms with Crippen LogP contribution in [0.2, 0.25) is 5.02 Å². The van der Waals surface area contributed by atoms with Crippen molar-refractivity contribution >= 4 is 39.3 Å². The fraction of sp³-hybridized carbons (Fsp3) is 0.250. The Labute approximate surface area is 84.5 Å². The Hall–Kier alpha value is 0.340. The molecule has 0 heterocycles. The van der Waals surface area contributed by atoms with E-state index in [1.54, 1.807) is 11.8 Å². The van der Waals surface area contributed by atoms with Gasteiger partial charge in [0.2, 0.25) is 0 Å². The zero-order valence-corrected chi connectivity index (χ0v) is 9.26. The van der Waals surface area contributed by atoms with Crippen LogP contribution in [0.3, 0.4) is 0 Å². The van der Waals surface area contributed by atoms with Crippen molar-refractivity contribution in [1.82, 2.24) is 0 Å². The van der Waals surface area contributed by atoms with Gasteiger partial charge in [0.15, 0.2) is 0 Å². The highest BCUT2D eigenvalue weighted by atomic mass is 79.9. The molecule has 0 bridgehead atoms. The van der Waals surface area contributed by atoms with Crippen molar-refractivity contribution in [2.45, 2.75) is 10.2 Å². The van der Waals surface area contributed by atoms with Gasteiger partial charge < -0.3 is 0 Å². The molecule has 0 fully saturated rings. The van der Waals surface area contributed by atoms with Crippen molar-refractivity contribution in [1.29, 1.82) is 0 Å². The third kappa shape index (κ3) is 2.39. The second kappa shape index (κ2) is 4.39. The molecule has 60 valence electrons. The minimum atomic E-state index is 0.820. The number of hydrogen-bond donors (Lipinski definition) is 0. The normalized spacial score (nSPS) is 10.1. The molecule has 3 heteroatoms. The van der Waals surface area contributed by atoms with Crippen molar-refractivity contribution in [2.75, 3.05) is 6.26 Å². The highest BCUT2D eigenvalue weighted by Crippen LogP contribution is 2.24. The molecule has 1 aromatic carbocycles. The summed E-state index contributed by atoms with van der Waals surface area (Å²) >= 11 is 11.0. The molecule has 0 nitrogen and oxygen atoms in total. The second-order valence-corrected chi connectivity index (χ2v) is 3.94. The Morgan fingerprint density at radius 2 is 2.27 bits per heavy atom. The van der Waals surface area contributed by atoms with Crippen LogP contribution < -0.4 is 0 Å². The van der Waals surface area contributed by atoms with Gasteiger partial charge in [-0.05, 0) is 24.0 Å². The Balaban J connectivity index is 2.99. The van der Waals surface area contributed by atoms with E-state index in [0.717, 1.165) is 15.9 Å². The van der Waals surface area contributed by atoms with E-state index in [1.807, 2.05) is 18.4 Å². The van der Waals surface area contributed by atoms with E-state index >= 15 is 0 Å². The van der Waals surface area contributed by atoms with E-state index in [0.29, 0.717) is 0 Å². The zero-order chi connectivity index (χ0) is 8.27. The number of alkyl halides is 1. The van der Waals surface area contributed by atoms with Gasteiger partial charge >= 0.3 is 0 Å². The first-order chi connectivity index (χ1) is 5.27. The first-order valence-electron chi connectivity index (χ1n) is 3.16. The molecule has 11 heavy (non-hydrogen) atoms. The van der Waals surface area contributed by atoms with Crippen molar-refractivity contribution in [3.63, 3.8) is 0 Å². The van der Waals surface area contributed by atoms with Gasteiger partial charge in [-0.2, -0.15) is 0 Å². The van der Waals surface area contributed by atoms with Crippen molar-refractivity contribution in [3.8, 4) is 0 Å². The molecule has 0 aliphatic heterocycles. The van der Waals surface area contributed by atoms with Gasteiger partial charge in [-0.1, -0.05) is 33.6 Å². The van der Waals surface area contributed by atoms with E-state index in [9.17, 15) is 0 Å². The lowest BCUT2D eigenvalue weighted by Gasteiger charge is -2.01. The summed E-state index contributed by atoms with van der Waals surface area (Å²) in [4.78, 5) is 1.21. The number of benzene rings is 1. The molecule has 0 saturated heterocycles. The third-order valence-electron chi connectivity index (χ3n) is 1.40. The van der Waals surface area contributed by atoms with Crippen LogP contribution in [0.15, 0.2) is 23.1 Å². The van der Waals surface area contributed by atoms with Crippen LogP contribution in [0.4, 0.5) is 0 Å². The predicted molar refractivity (Wildman–Crippen MR) is 55.9 cm³/mol. The quantitative estimate of drug-likeness (QED) is 0.566. The number of rotatable bonds is 2. The fourth-order valence-electron chi connectivity index (χ4n) is 0.763. The summed E-state index contributed by atoms with van der Waals surface area (Å²) in [5.74, 6) is 0. The maximum Gasteiger partial charge on any atom is 0.0457 e. The van der Waals surface area contributed by atoms with E-state index in [4.69, 9.17) is 11.6 Å². The number of hydrogen-bond acceptors (Lipinski definition) is 1. The summed E-state index contributed by atoms with van der Waals surface area (Å²) in [6, 6.07) is 6.11. The monoisotopic (exact) mass is 250 g/mol. The summed E-state index contributed by atoms with van der Waals surface area (Å²) < 4.78 is 0. The molecule has 0 atom stereocenters. The van der Waals surface area contributed by atoms with Gasteiger partial charge in [0.25, 0.3) is 0 Å². The minimum absolute atomic E-state index is 0.820. The smallest absolute Gasteiger partial charge is 0.0457 e. The molecular weight excluding hydrogens is 244 g/mol. The molecular formula is C8H8BrClS. The van der Waals surface area contributed by atoms with Gasteiger partial charge in [-0.3, -0.25) is 0 Å². The standard InChI is InChI=1S/C8H8BrClS/c1-11-7-3-2-6(5-9)8(10)4-7/h2-4H,5H2,1H3. The van der Waals surface area contributed by atoms with E-state index in [2.05, 4.69) is 22.0 Å². The largest absolute Gasteiger partial charge is 0.130 e. The highest BCUT2D eigenvalue weighted by Gasteiger charge is 1.98. The SMILES string of the molecule is CSc1ccc(CBr)c(Cl)c1. The van der Waals surface area contributed by atoms with Crippen LogP contribution in [0.1, 0.15) is 5.56 Å². The number of halogens is 2. The van der Waals surface area contributed by atoms with Crippen LogP contribution in [0.5, 0.6) is 0 Å². The first kappa shape index (κ1) is 9.43. The summed E-state index contributed by atoms with van der Waals surface area (Å²) in [6.45, 7) is 0. The molecule has 0 unspecified atom stereocenters. The van der Waals surface area contributed by atoms with Crippen LogP contribution in [-0.4, -0.2) is 6.26 Å². The summed E-state index contributed by atoms with van der Waals surface area (Å²) in [6.07, 6.45) is 2.04. The van der Waals surface area contributed by atoms with Crippen molar-refractivity contribution in [3.05, 3.63) is 28.8 Å². The van der Waals surface area contributed by atoms with Crippen molar-refractivity contribution in [2.24, 2.45) is 0 Å². The Morgan fingerprint density at radius 1 is 1.55 bits per heavy atom. The van der Waals surface area contributed by atoms with Crippen LogP contribution in [0.25, 0.3) is 0 Å². The summed E-state index contributed by atoms with van der Waals surface area (Å²) in [5, 5.41) is 1.66. The molecule has 0 aliphatic rings. The van der Waals surface area contributed by atoms with E-state index in [-0.39, 0.29) is 0 Å². The van der Waals surface area contributed by atoms with Gasteiger partial charge in [0.1, 0.15) is 0 Å². The lowest BCUT2D eigenvalue weighted by Crippen LogP contribution is -1.79. The minimum Gasteiger partial charge on any atom is -0.130 e. The Bertz CT molecular complexity index is 250. The van der Waals surface area contributed by atoms with Gasteiger partial charge in [0, 0.05) is 15.2 Å². The summed E-state index contributed by atoms with van der Waals surface area (Å²) in [5.41, 5.74) is 1.14. The predicted octanol–water partition coefficient (Wildman–Crippen LogP) is 3.96. The molecule has 0 spiro atoms. The molecule has 1 aromatic rings. The zero-order valence-electron chi connectivity index (χ0n) is 6.10. The Morgan fingerprint density at radius 3 is 2.73 bits per heavy atom. The first-order valence-corrected chi connectivity index (χ1v) is 5.88. The molecule has 0 N–H and O–H groups in total.